The molecule has 1 aliphatic rings. The molecule has 1 aromatic carbocycles. The summed E-state index contributed by atoms with van der Waals surface area (Å²) in [7, 11) is 0. The molecular weight excluding hydrogens is 442 g/mol. The second kappa shape index (κ2) is 10.7. The van der Waals surface area contributed by atoms with Crippen molar-refractivity contribution < 1.29 is 19.4 Å². The molecule has 2 unspecified atom stereocenters. The highest BCUT2D eigenvalue weighted by atomic mass is 35.5. The van der Waals surface area contributed by atoms with Crippen LogP contribution in [0.25, 0.3) is 0 Å². The molecule has 0 aliphatic carbocycles. The molecule has 1 aliphatic heterocycles. The van der Waals surface area contributed by atoms with E-state index in [4.69, 9.17) is 21.1 Å². The van der Waals surface area contributed by atoms with Gasteiger partial charge >= 0.3 is 0 Å². The lowest BCUT2D eigenvalue weighted by Crippen LogP contribution is -2.29. The Morgan fingerprint density at radius 2 is 1.94 bits per heavy atom. The molecular formula is C25H34ClN3O4. The molecule has 180 valence electrons. The molecule has 0 spiro atoms. The standard InChI is InChI=1S/C25H34ClN3O4/c1-16(2)12-21(30)17(3)18-6-8-19(9-7-18)33-20-10-11-29(13-20)23-22(26)24(28-15-27-23)32-14-25(4,5)31/h6-9,15-17,20,31H,10-14H2,1-5H3. The highest BCUT2D eigenvalue weighted by molar-refractivity contribution is 6.34. The van der Waals surface area contributed by atoms with Gasteiger partial charge < -0.3 is 19.5 Å². The average molecular weight is 476 g/mol. The maximum atomic E-state index is 12.4. The Morgan fingerprint density at radius 1 is 1.24 bits per heavy atom. The van der Waals surface area contributed by atoms with Crippen LogP contribution in [0.2, 0.25) is 5.02 Å². The molecule has 0 bridgehead atoms. The largest absolute Gasteiger partial charge is 0.489 e. The van der Waals surface area contributed by atoms with Crippen LogP contribution >= 0.6 is 11.6 Å². The minimum Gasteiger partial charge on any atom is -0.489 e. The van der Waals surface area contributed by atoms with Gasteiger partial charge in [-0.15, -0.1) is 0 Å². The molecule has 33 heavy (non-hydrogen) atoms. The molecule has 0 amide bonds. The van der Waals surface area contributed by atoms with Gasteiger partial charge in [-0.05, 0) is 37.5 Å². The molecule has 0 saturated carbocycles. The number of anilines is 1. The number of hydrogen-bond donors (Lipinski definition) is 1. The predicted molar refractivity (Wildman–Crippen MR) is 129 cm³/mol. The van der Waals surface area contributed by atoms with Gasteiger partial charge in [-0.2, -0.15) is 0 Å². The maximum absolute atomic E-state index is 12.4. The molecule has 1 N–H and O–H groups in total. The molecule has 1 fully saturated rings. The lowest BCUT2D eigenvalue weighted by molar-refractivity contribution is -0.120. The number of carbonyl (C=O) groups excluding carboxylic acids is 1. The van der Waals surface area contributed by atoms with Crippen molar-refractivity contribution in [1.29, 1.82) is 0 Å². The summed E-state index contributed by atoms with van der Waals surface area (Å²) in [6, 6.07) is 7.80. The molecule has 1 aromatic heterocycles. The summed E-state index contributed by atoms with van der Waals surface area (Å²) >= 11 is 6.49. The number of halogens is 1. The quantitative estimate of drug-likeness (QED) is 0.535. The van der Waals surface area contributed by atoms with E-state index in [1.54, 1.807) is 13.8 Å². The van der Waals surface area contributed by atoms with Crippen LogP contribution in [0.15, 0.2) is 30.6 Å². The number of hydrogen-bond acceptors (Lipinski definition) is 7. The fourth-order valence-electron chi connectivity index (χ4n) is 3.72. The molecule has 7 nitrogen and oxygen atoms in total. The topological polar surface area (TPSA) is 84.8 Å². The summed E-state index contributed by atoms with van der Waals surface area (Å²) in [6.45, 7) is 10.8. The van der Waals surface area contributed by atoms with Gasteiger partial charge in [0.15, 0.2) is 5.82 Å². The highest BCUT2D eigenvalue weighted by Crippen LogP contribution is 2.33. The van der Waals surface area contributed by atoms with Gasteiger partial charge in [-0.1, -0.05) is 44.5 Å². The van der Waals surface area contributed by atoms with Gasteiger partial charge in [0.1, 0.15) is 35.6 Å². The third kappa shape index (κ3) is 7.05. The number of benzene rings is 1. The Morgan fingerprint density at radius 3 is 2.58 bits per heavy atom. The zero-order valence-electron chi connectivity index (χ0n) is 20.0. The number of Topliss-reactive ketones (excluding diaryl/α,β-unsaturated/α-hetero) is 1. The van der Waals surface area contributed by atoms with E-state index >= 15 is 0 Å². The predicted octanol–water partition coefficient (Wildman–Crippen LogP) is 4.66. The van der Waals surface area contributed by atoms with Crippen molar-refractivity contribution in [3.05, 3.63) is 41.2 Å². The third-order valence-electron chi connectivity index (χ3n) is 5.52. The fraction of sp³-hybridized carbons (Fsp3) is 0.560. The summed E-state index contributed by atoms with van der Waals surface area (Å²) in [6.07, 6.45) is 2.82. The van der Waals surface area contributed by atoms with Crippen LogP contribution in [-0.2, 0) is 4.79 Å². The first kappa shape index (κ1) is 25.2. The zero-order chi connectivity index (χ0) is 24.2. The van der Waals surface area contributed by atoms with E-state index in [9.17, 15) is 9.90 Å². The minimum absolute atomic E-state index is 0.0115. The van der Waals surface area contributed by atoms with Gasteiger partial charge in [-0.25, -0.2) is 9.97 Å². The number of carbonyl (C=O) groups is 1. The Labute approximate surface area is 201 Å². The number of rotatable bonds is 10. The Bertz CT molecular complexity index is 944. The first-order valence-corrected chi connectivity index (χ1v) is 11.8. The van der Waals surface area contributed by atoms with Crippen molar-refractivity contribution in [3.63, 3.8) is 0 Å². The summed E-state index contributed by atoms with van der Waals surface area (Å²) in [5.41, 5.74) is 0.0169. The van der Waals surface area contributed by atoms with E-state index in [0.29, 0.717) is 29.7 Å². The van der Waals surface area contributed by atoms with Crippen LogP contribution in [0.4, 0.5) is 5.82 Å². The molecule has 1 saturated heterocycles. The lowest BCUT2D eigenvalue weighted by Gasteiger charge is -2.21. The summed E-state index contributed by atoms with van der Waals surface area (Å²) < 4.78 is 11.7. The SMILES string of the molecule is CC(C)CC(=O)C(C)c1ccc(OC2CCN(c3ncnc(OCC(C)(C)O)c3Cl)C2)cc1. The number of ether oxygens (including phenoxy) is 2. The van der Waals surface area contributed by atoms with Gasteiger partial charge in [0.2, 0.25) is 5.88 Å². The molecule has 8 heteroatoms. The molecule has 2 aromatic rings. The van der Waals surface area contributed by atoms with Gasteiger partial charge in [0, 0.05) is 25.3 Å². The van der Waals surface area contributed by atoms with E-state index in [2.05, 4.69) is 23.8 Å². The molecule has 2 heterocycles. The number of aliphatic hydroxyl groups is 1. The van der Waals surface area contributed by atoms with Gasteiger partial charge in [0.25, 0.3) is 0 Å². The number of nitrogens with zero attached hydrogens (tertiary/aromatic N) is 3. The molecule has 2 atom stereocenters. The lowest BCUT2D eigenvalue weighted by atomic mass is 9.92. The van der Waals surface area contributed by atoms with E-state index in [1.165, 1.54) is 6.33 Å². The summed E-state index contributed by atoms with van der Waals surface area (Å²) in [5, 5.41) is 10.2. The smallest absolute Gasteiger partial charge is 0.238 e. The van der Waals surface area contributed by atoms with Crippen molar-refractivity contribution in [2.75, 3.05) is 24.6 Å². The zero-order valence-corrected chi connectivity index (χ0v) is 20.8. The van der Waals surface area contributed by atoms with Crippen LogP contribution < -0.4 is 14.4 Å². The first-order chi connectivity index (χ1) is 15.5. The minimum atomic E-state index is -0.990. The maximum Gasteiger partial charge on any atom is 0.238 e. The first-order valence-electron chi connectivity index (χ1n) is 11.4. The molecule has 0 radical (unpaired) electrons. The van der Waals surface area contributed by atoms with Crippen LogP contribution in [0.1, 0.15) is 58.9 Å². The Kier molecular flexibility index (Phi) is 8.19. The van der Waals surface area contributed by atoms with Crippen LogP contribution in [-0.4, -0.2) is 52.3 Å². The van der Waals surface area contributed by atoms with Gasteiger partial charge in [-0.3, -0.25) is 4.79 Å². The van der Waals surface area contributed by atoms with Crippen molar-refractivity contribution in [1.82, 2.24) is 9.97 Å². The van der Waals surface area contributed by atoms with Crippen molar-refractivity contribution in [2.45, 2.75) is 65.1 Å². The van der Waals surface area contributed by atoms with E-state index < -0.39 is 5.60 Å². The van der Waals surface area contributed by atoms with Crippen LogP contribution in [0.5, 0.6) is 11.6 Å². The average Bonchev–Trinajstić information content (AvgIpc) is 3.20. The molecule has 3 rings (SSSR count). The second-order valence-corrected chi connectivity index (χ2v) is 10.1. The van der Waals surface area contributed by atoms with Crippen molar-refractivity contribution >= 4 is 23.2 Å². The number of aromatic nitrogens is 2. The summed E-state index contributed by atoms with van der Waals surface area (Å²) in [4.78, 5) is 22.8. The third-order valence-corrected chi connectivity index (χ3v) is 5.85. The van der Waals surface area contributed by atoms with Gasteiger partial charge in [0.05, 0.1) is 12.1 Å². The highest BCUT2D eigenvalue weighted by Gasteiger charge is 2.28. The number of ketones is 1. The van der Waals surface area contributed by atoms with E-state index in [0.717, 1.165) is 24.3 Å². The fourth-order valence-corrected chi connectivity index (χ4v) is 3.99. The second-order valence-electron chi connectivity index (χ2n) is 9.75. The normalized spacial score (nSPS) is 17.3. The van der Waals surface area contributed by atoms with Crippen LogP contribution in [0.3, 0.4) is 0 Å². The van der Waals surface area contributed by atoms with Crippen molar-refractivity contribution in [2.24, 2.45) is 5.92 Å². The Hall–Kier alpha value is -2.38. The van der Waals surface area contributed by atoms with E-state index in [-0.39, 0.29) is 30.3 Å². The monoisotopic (exact) mass is 475 g/mol. The van der Waals surface area contributed by atoms with E-state index in [1.807, 2.05) is 36.1 Å². The summed E-state index contributed by atoms with van der Waals surface area (Å²) in [5.74, 6) is 2.13. The Balaban J connectivity index is 1.59. The van der Waals surface area contributed by atoms with Crippen molar-refractivity contribution in [3.8, 4) is 11.6 Å². The van der Waals surface area contributed by atoms with Crippen LogP contribution in [0, 0.1) is 5.92 Å².